The van der Waals surface area contributed by atoms with Crippen molar-refractivity contribution in [2.45, 2.75) is 56.2 Å². The summed E-state index contributed by atoms with van der Waals surface area (Å²) in [5.74, 6) is 2.51. The smallest absolute Gasteiger partial charge is 0.0795 e. The Balaban J connectivity index is 1.62. The summed E-state index contributed by atoms with van der Waals surface area (Å²) < 4.78 is 6.14. The summed E-state index contributed by atoms with van der Waals surface area (Å²) in [4.78, 5) is 2.76. The summed E-state index contributed by atoms with van der Waals surface area (Å²) in [5, 5.41) is 0. The summed E-state index contributed by atoms with van der Waals surface area (Å²) in [7, 11) is 0. The number of hydrogen-bond acceptors (Lipinski definition) is 4. The van der Waals surface area contributed by atoms with Gasteiger partial charge >= 0.3 is 0 Å². The SMILES string of the molecule is NCCCN(C1CC1)C1CCOC2(CCSC2)C1. The molecule has 2 N–H and O–H groups in total. The molecule has 104 valence electrons. The molecule has 18 heavy (non-hydrogen) atoms. The molecule has 2 saturated heterocycles. The van der Waals surface area contributed by atoms with Gasteiger partial charge in [0.05, 0.1) is 5.60 Å². The number of nitrogens with two attached hydrogens (primary N) is 1. The highest BCUT2D eigenvalue weighted by molar-refractivity contribution is 7.99. The first-order valence-electron chi connectivity index (χ1n) is 7.50. The van der Waals surface area contributed by atoms with Gasteiger partial charge in [-0.3, -0.25) is 4.90 Å². The van der Waals surface area contributed by atoms with Crippen LogP contribution >= 0.6 is 11.8 Å². The van der Waals surface area contributed by atoms with Crippen molar-refractivity contribution in [2.75, 3.05) is 31.2 Å². The van der Waals surface area contributed by atoms with Crippen LogP contribution in [-0.4, -0.2) is 53.8 Å². The molecule has 3 aliphatic rings. The van der Waals surface area contributed by atoms with Gasteiger partial charge < -0.3 is 10.5 Å². The van der Waals surface area contributed by atoms with Gasteiger partial charge in [0, 0.05) is 24.4 Å². The van der Waals surface area contributed by atoms with Gasteiger partial charge in [-0.25, -0.2) is 0 Å². The Labute approximate surface area is 115 Å². The molecule has 2 atom stereocenters. The van der Waals surface area contributed by atoms with E-state index >= 15 is 0 Å². The third kappa shape index (κ3) is 2.87. The van der Waals surface area contributed by atoms with Crippen molar-refractivity contribution in [2.24, 2.45) is 5.73 Å². The molecule has 0 amide bonds. The van der Waals surface area contributed by atoms with Crippen LogP contribution in [-0.2, 0) is 4.74 Å². The molecule has 2 heterocycles. The zero-order valence-electron chi connectivity index (χ0n) is 11.3. The van der Waals surface area contributed by atoms with Crippen LogP contribution in [0.15, 0.2) is 0 Å². The lowest BCUT2D eigenvalue weighted by molar-refractivity contribution is -0.0908. The molecule has 0 radical (unpaired) electrons. The predicted molar refractivity (Wildman–Crippen MR) is 77.0 cm³/mol. The molecule has 0 bridgehead atoms. The van der Waals surface area contributed by atoms with E-state index in [1.54, 1.807) is 0 Å². The van der Waals surface area contributed by atoms with Crippen molar-refractivity contribution in [3.05, 3.63) is 0 Å². The molecular formula is C14H26N2OS. The van der Waals surface area contributed by atoms with Gasteiger partial charge in [-0.05, 0) is 57.4 Å². The Bertz CT molecular complexity index is 277. The highest BCUT2D eigenvalue weighted by Crippen LogP contribution is 2.41. The average Bonchev–Trinajstić information content (AvgIpc) is 3.13. The van der Waals surface area contributed by atoms with E-state index in [2.05, 4.69) is 16.7 Å². The maximum absolute atomic E-state index is 6.14. The van der Waals surface area contributed by atoms with E-state index in [-0.39, 0.29) is 5.60 Å². The fourth-order valence-electron chi connectivity index (χ4n) is 3.49. The molecule has 1 aliphatic carbocycles. The summed E-state index contributed by atoms with van der Waals surface area (Å²) in [6.45, 7) is 3.00. The molecule has 1 spiro atoms. The maximum Gasteiger partial charge on any atom is 0.0795 e. The van der Waals surface area contributed by atoms with Gasteiger partial charge in [-0.1, -0.05) is 0 Å². The van der Waals surface area contributed by atoms with Gasteiger partial charge in [-0.2, -0.15) is 11.8 Å². The van der Waals surface area contributed by atoms with E-state index in [0.717, 1.165) is 31.7 Å². The Morgan fingerprint density at radius 3 is 2.83 bits per heavy atom. The standard InChI is InChI=1S/C14H26N2OS/c15-6-1-7-16(12-2-3-12)13-4-8-17-14(10-13)5-9-18-11-14/h12-13H,1-11,15H2. The molecule has 2 aliphatic heterocycles. The highest BCUT2D eigenvalue weighted by Gasteiger charge is 2.44. The molecule has 1 saturated carbocycles. The van der Waals surface area contributed by atoms with Crippen LogP contribution in [0.3, 0.4) is 0 Å². The monoisotopic (exact) mass is 270 g/mol. The summed E-state index contributed by atoms with van der Waals surface area (Å²) in [5.41, 5.74) is 5.91. The quantitative estimate of drug-likeness (QED) is 0.827. The van der Waals surface area contributed by atoms with Crippen molar-refractivity contribution >= 4 is 11.8 Å². The maximum atomic E-state index is 6.14. The largest absolute Gasteiger partial charge is 0.374 e. The number of ether oxygens (including phenoxy) is 1. The van der Waals surface area contributed by atoms with Gasteiger partial charge in [0.15, 0.2) is 0 Å². The fraction of sp³-hybridized carbons (Fsp3) is 1.00. The van der Waals surface area contributed by atoms with Gasteiger partial charge in [-0.15, -0.1) is 0 Å². The molecule has 3 nitrogen and oxygen atoms in total. The number of thioether (sulfide) groups is 1. The average molecular weight is 270 g/mol. The lowest BCUT2D eigenvalue weighted by atomic mass is 9.89. The van der Waals surface area contributed by atoms with E-state index in [1.807, 2.05) is 0 Å². The zero-order chi connectivity index (χ0) is 12.4. The molecule has 0 aromatic heterocycles. The second-order valence-corrected chi connectivity index (χ2v) is 7.20. The second kappa shape index (κ2) is 5.70. The van der Waals surface area contributed by atoms with Gasteiger partial charge in [0.1, 0.15) is 0 Å². The molecule has 4 heteroatoms. The van der Waals surface area contributed by atoms with Crippen LogP contribution in [0, 0.1) is 0 Å². The number of hydrogen-bond donors (Lipinski definition) is 1. The third-order valence-electron chi connectivity index (χ3n) is 4.64. The minimum atomic E-state index is 0.226. The molecule has 3 rings (SSSR count). The lowest BCUT2D eigenvalue weighted by Gasteiger charge is -2.43. The predicted octanol–water partition coefficient (Wildman–Crippen LogP) is 1.85. The van der Waals surface area contributed by atoms with E-state index in [9.17, 15) is 0 Å². The first-order chi connectivity index (χ1) is 8.83. The van der Waals surface area contributed by atoms with E-state index < -0.39 is 0 Å². The van der Waals surface area contributed by atoms with Gasteiger partial charge in [0.25, 0.3) is 0 Å². The molecule has 0 aromatic carbocycles. The second-order valence-electron chi connectivity index (χ2n) is 6.09. The topological polar surface area (TPSA) is 38.5 Å². The van der Waals surface area contributed by atoms with E-state index in [1.165, 1.54) is 50.2 Å². The fourth-order valence-corrected chi connectivity index (χ4v) is 4.87. The number of rotatable bonds is 5. The minimum absolute atomic E-state index is 0.226. The molecule has 2 unspecified atom stereocenters. The Hall–Kier alpha value is 0.230. The van der Waals surface area contributed by atoms with Crippen LogP contribution in [0.1, 0.15) is 38.5 Å². The van der Waals surface area contributed by atoms with E-state index in [4.69, 9.17) is 10.5 Å². The van der Waals surface area contributed by atoms with Crippen molar-refractivity contribution in [3.8, 4) is 0 Å². The molecule has 0 aromatic rings. The van der Waals surface area contributed by atoms with Crippen LogP contribution in [0.2, 0.25) is 0 Å². The van der Waals surface area contributed by atoms with Crippen molar-refractivity contribution in [1.29, 1.82) is 0 Å². The van der Waals surface area contributed by atoms with Crippen molar-refractivity contribution in [1.82, 2.24) is 4.90 Å². The lowest BCUT2D eigenvalue weighted by Crippen LogP contribution is -2.50. The van der Waals surface area contributed by atoms with Crippen LogP contribution in [0.4, 0.5) is 0 Å². The first kappa shape index (κ1) is 13.2. The number of nitrogens with zero attached hydrogens (tertiary/aromatic N) is 1. The minimum Gasteiger partial charge on any atom is -0.374 e. The normalized spacial score (nSPS) is 36.7. The molecule has 3 fully saturated rings. The zero-order valence-corrected chi connectivity index (χ0v) is 12.1. The van der Waals surface area contributed by atoms with Crippen LogP contribution in [0.25, 0.3) is 0 Å². The summed E-state index contributed by atoms with van der Waals surface area (Å²) >= 11 is 2.07. The third-order valence-corrected chi connectivity index (χ3v) is 5.86. The van der Waals surface area contributed by atoms with Crippen LogP contribution in [0.5, 0.6) is 0 Å². The van der Waals surface area contributed by atoms with E-state index in [0.29, 0.717) is 0 Å². The summed E-state index contributed by atoms with van der Waals surface area (Å²) in [6.07, 6.45) is 7.72. The van der Waals surface area contributed by atoms with Gasteiger partial charge in [0.2, 0.25) is 0 Å². The van der Waals surface area contributed by atoms with Crippen molar-refractivity contribution < 1.29 is 4.74 Å². The highest BCUT2D eigenvalue weighted by atomic mass is 32.2. The molecular weight excluding hydrogens is 244 g/mol. The summed E-state index contributed by atoms with van der Waals surface area (Å²) in [6, 6.07) is 1.63. The Morgan fingerprint density at radius 1 is 1.28 bits per heavy atom. The van der Waals surface area contributed by atoms with Crippen LogP contribution < -0.4 is 5.73 Å². The Kier molecular flexibility index (Phi) is 4.18. The first-order valence-corrected chi connectivity index (χ1v) is 8.66. The van der Waals surface area contributed by atoms with Crippen molar-refractivity contribution in [3.63, 3.8) is 0 Å². The Morgan fingerprint density at radius 2 is 2.17 bits per heavy atom.